The van der Waals surface area contributed by atoms with E-state index in [1.807, 2.05) is 40.7 Å². The molecule has 0 atom stereocenters. The van der Waals surface area contributed by atoms with Crippen molar-refractivity contribution >= 4 is 18.5 Å². The number of nitrogens with one attached hydrogen (secondary N) is 2. The second-order valence-electron chi connectivity index (χ2n) is 6.16. The molecule has 0 aromatic carbocycles. The summed E-state index contributed by atoms with van der Waals surface area (Å²) >= 11 is 0. The molecule has 2 N–H and O–H groups in total. The molecule has 0 spiro atoms. The van der Waals surface area contributed by atoms with Crippen molar-refractivity contribution in [2.45, 2.75) is 45.8 Å². The van der Waals surface area contributed by atoms with Gasteiger partial charge in [-0.15, -0.1) is 0 Å². The van der Waals surface area contributed by atoms with Crippen LogP contribution in [0.1, 0.15) is 38.8 Å². The Morgan fingerprint density at radius 3 is 2.30 bits per heavy atom. The quantitative estimate of drug-likeness (QED) is 0.656. The van der Waals surface area contributed by atoms with E-state index < -0.39 is 18.3 Å². The third-order valence-electron chi connectivity index (χ3n) is 4.04. The highest BCUT2D eigenvalue weighted by molar-refractivity contribution is 6.85. The molecule has 0 unspecified atom stereocenters. The van der Waals surface area contributed by atoms with Gasteiger partial charge in [-0.05, 0) is 46.2 Å². The number of rotatable bonds is 3. The van der Waals surface area contributed by atoms with Gasteiger partial charge in [-0.3, -0.25) is 0 Å². The van der Waals surface area contributed by atoms with Crippen LogP contribution in [-0.2, 0) is 9.31 Å². The SMILES string of the molecule is CNc1ncc(C)cc1C(=N)B1OC(C)(C)C(C)(C)O1. The number of hydrogen-bond donors (Lipinski definition) is 2. The number of pyridine rings is 1. The van der Waals surface area contributed by atoms with E-state index in [-0.39, 0.29) is 0 Å². The first-order chi connectivity index (χ1) is 9.18. The molecule has 2 heterocycles. The minimum absolute atomic E-state index is 0.296. The number of aryl methyl sites for hydroxylation is 1. The molecule has 0 aliphatic carbocycles. The van der Waals surface area contributed by atoms with Crippen molar-refractivity contribution in [3.8, 4) is 0 Å². The lowest BCUT2D eigenvalue weighted by Gasteiger charge is -2.32. The van der Waals surface area contributed by atoms with E-state index in [1.165, 1.54) is 0 Å². The molecule has 0 saturated carbocycles. The van der Waals surface area contributed by atoms with Gasteiger partial charge in [0.15, 0.2) is 0 Å². The molecule has 1 fully saturated rings. The van der Waals surface area contributed by atoms with Gasteiger partial charge >= 0.3 is 7.12 Å². The Labute approximate surface area is 120 Å². The van der Waals surface area contributed by atoms with Gasteiger partial charge in [0.1, 0.15) is 5.82 Å². The van der Waals surface area contributed by atoms with Gasteiger partial charge in [0.25, 0.3) is 0 Å². The Hall–Kier alpha value is -1.40. The van der Waals surface area contributed by atoms with Crippen LogP contribution in [-0.4, -0.2) is 36.0 Å². The summed E-state index contributed by atoms with van der Waals surface area (Å²) in [5, 5.41) is 11.4. The van der Waals surface area contributed by atoms with Crippen molar-refractivity contribution in [1.29, 1.82) is 5.41 Å². The van der Waals surface area contributed by atoms with Gasteiger partial charge in [-0.25, -0.2) is 4.98 Å². The number of nitrogens with zero attached hydrogens (tertiary/aromatic N) is 1. The Morgan fingerprint density at radius 1 is 1.25 bits per heavy atom. The smallest absolute Gasteiger partial charge is 0.398 e. The first-order valence-corrected chi connectivity index (χ1v) is 6.77. The van der Waals surface area contributed by atoms with Gasteiger partial charge in [-0.2, -0.15) is 0 Å². The lowest BCUT2D eigenvalue weighted by atomic mass is 9.77. The summed E-state index contributed by atoms with van der Waals surface area (Å²) in [5.74, 6) is 0.662. The van der Waals surface area contributed by atoms with Crippen LogP contribution >= 0.6 is 0 Å². The zero-order valence-electron chi connectivity index (χ0n) is 13.0. The van der Waals surface area contributed by atoms with Crippen molar-refractivity contribution in [2.75, 3.05) is 12.4 Å². The fourth-order valence-corrected chi connectivity index (χ4v) is 2.06. The number of anilines is 1. The highest BCUT2D eigenvalue weighted by Gasteiger charge is 2.53. The summed E-state index contributed by atoms with van der Waals surface area (Å²) in [6.07, 6.45) is 1.77. The van der Waals surface area contributed by atoms with Gasteiger partial charge in [0.05, 0.1) is 16.8 Å². The first kappa shape index (κ1) is 15.0. The van der Waals surface area contributed by atoms with Crippen LogP contribution in [0.15, 0.2) is 12.3 Å². The van der Waals surface area contributed by atoms with E-state index >= 15 is 0 Å². The fraction of sp³-hybridized carbons (Fsp3) is 0.571. The summed E-state index contributed by atoms with van der Waals surface area (Å²) in [6.45, 7) is 9.87. The maximum atomic E-state index is 8.39. The average molecular weight is 275 g/mol. The first-order valence-electron chi connectivity index (χ1n) is 6.77. The lowest BCUT2D eigenvalue weighted by Crippen LogP contribution is -2.41. The van der Waals surface area contributed by atoms with Crippen LogP contribution < -0.4 is 5.32 Å². The minimum atomic E-state index is -0.671. The largest absolute Gasteiger partial charge is 0.514 e. The molecule has 6 heteroatoms. The van der Waals surface area contributed by atoms with Crippen molar-refractivity contribution in [2.24, 2.45) is 0 Å². The zero-order valence-corrected chi connectivity index (χ0v) is 13.0. The van der Waals surface area contributed by atoms with Crippen LogP contribution in [0.2, 0.25) is 0 Å². The second-order valence-corrected chi connectivity index (χ2v) is 6.16. The molecule has 0 amide bonds. The Morgan fingerprint density at radius 2 is 1.80 bits per heavy atom. The molecule has 1 aromatic heterocycles. The van der Waals surface area contributed by atoms with Gasteiger partial charge in [-0.1, -0.05) is 0 Å². The molecule has 108 valence electrons. The highest BCUT2D eigenvalue weighted by Crippen LogP contribution is 2.37. The van der Waals surface area contributed by atoms with E-state index in [4.69, 9.17) is 14.7 Å². The van der Waals surface area contributed by atoms with E-state index in [9.17, 15) is 0 Å². The van der Waals surface area contributed by atoms with Crippen LogP contribution in [0, 0.1) is 12.3 Å². The second kappa shape index (κ2) is 4.86. The maximum Gasteiger partial charge on any atom is 0.514 e. The highest BCUT2D eigenvalue weighted by atomic mass is 16.7. The zero-order chi connectivity index (χ0) is 15.1. The van der Waals surface area contributed by atoms with Crippen molar-refractivity contribution in [3.05, 3.63) is 23.4 Å². The predicted octanol–water partition coefficient (Wildman–Crippen LogP) is 2.43. The van der Waals surface area contributed by atoms with E-state index in [0.29, 0.717) is 17.0 Å². The standard InChI is InChI=1S/C14H22BN3O2/c1-9-7-10(12(17-6)18-8-9)11(16)15-19-13(2,3)14(4,5)20-15/h7-8,16H,1-6H3,(H,17,18). The lowest BCUT2D eigenvalue weighted by molar-refractivity contribution is 0.00578. The summed E-state index contributed by atoms with van der Waals surface area (Å²) < 4.78 is 11.8. The van der Waals surface area contributed by atoms with Gasteiger partial charge in [0, 0.05) is 18.8 Å². The van der Waals surface area contributed by atoms with Crippen LogP contribution in [0.5, 0.6) is 0 Å². The molecule has 0 radical (unpaired) electrons. The molecule has 5 nitrogen and oxygen atoms in total. The fourth-order valence-electron chi connectivity index (χ4n) is 2.06. The van der Waals surface area contributed by atoms with E-state index in [2.05, 4.69) is 10.3 Å². The third-order valence-corrected chi connectivity index (χ3v) is 4.04. The van der Waals surface area contributed by atoms with Gasteiger partial charge < -0.3 is 20.0 Å². The number of aromatic nitrogens is 1. The number of hydrogen-bond acceptors (Lipinski definition) is 5. The monoisotopic (exact) mass is 275 g/mol. The summed E-state index contributed by atoms with van der Waals surface area (Å²) in [5.41, 5.74) is 1.12. The van der Waals surface area contributed by atoms with Crippen molar-refractivity contribution in [3.63, 3.8) is 0 Å². The summed E-state index contributed by atoms with van der Waals surface area (Å²) in [4.78, 5) is 4.30. The molecule has 2 rings (SSSR count). The minimum Gasteiger partial charge on any atom is -0.398 e. The molecule has 1 saturated heterocycles. The molecule has 1 aromatic rings. The van der Waals surface area contributed by atoms with Crippen LogP contribution in [0.25, 0.3) is 0 Å². The molecular formula is C14H22BN3O2. The topological polar surface area (TPSA) is 67.2 Å². The average Bonchev–Trinajstić information content (AvgIpc) is 2.57. The van der Waals surface area contributed by atoms with Crippen molar-refractivity contribution < 1.29 is 9.31 Å². The Balaban J connectivity index is 2.32. The maximum absolute atomic E-state index is 8.39. The molecule has 1 aliphatic heterocycles. The Kier molecular flexibility index (Phi) is 3.65. The third kappa shape index (κ3) is 2.45. The molecular weight excluding hydrogens is 253 g/mol. The predicted molar refractivity (Wildman–Crippen MR) is 81.4 cm³/mol. The van der Waals surface area contributed by atoms with Crippen molar-refractivity contribution in [1.82, 2.24) is 4.98 Å². The van der Waals surface area contributed by atoms with Crippen LogP contribution in [0.3, 0.4) is 0 Å². The molecule has 20 heavy (non-hydrogen) atoms. The normalized spacial score (nSPS) is 20.0. The van der Waals surface area contributed by atoms with E-state index in [0.717, 1.165) is 5.56 Å². The molecule has 1 aliphatic rings. The summed E-state index contributed by atoms with van der Waals surface area (Å²) in [6, 6.07) is 1.92. The van der Waals surface area contributed by atoms with Gasteiger partial charge in [0.2, 0.25) is 0 Å². The van der Waals surface area contributed by atoms with Crippen LogP contribution in [0.4, 0.5) is 5.82 Å². The van der Waals surface area contributed by atoms with E-state index in [1.54, 1.807) is 13.2 Å². The molecule has 0 bridgehead atoms. The Bertz CT molecular complexity index is 527. The summed E-state index contributed by atoms with van der Waals surface area (Å²) in [7, 11) is 1.12.